The van der Waals surface area contributed by atoms with Crippen LogP contribution in [0.3, 0.4) is 0 Å². The molecule has 0 aliphatic heterocycles. The van der Waals surface area contributed by atoms with E-state index in [2.05, 4.69) is 20.8 Å². The number of ether oxygens (including phenoxy) is 1. The molecule has 1 aromatic heterocycles. The molecule has 0 radical (unpaired) electrons. The van der Waals surface area contributed by atoms with Gasteiger partial charge in [-0.1, -0.05) is 35.0 Å². The zero-order valence-corrected chi connectivity index (χ0v) is 15.4. The highest BCUT2D eigenvalue weighted by Crippen LogP contribution is 2.34. The average molecular weight is 376 g/mol. The van der Waals surface area contributed by atoms with Crippen LogP contribution >= 0.6 is 35.0 Å². The fraction of sp³-hybridized carbons (Fsp3) is 0.500. The molecule has 0 atom stereocenters. The molecule has 6 nitrogen and oxygen atoms in total. The number of aromatic nitrogens is 4. The van der Waals surface area contributed by atoms with E-state index in [-0.39, 0.29) is 0 Å². The van der Waals surface area contributed by atoms with Crippen LogP contribution in [-0.4, -0.2) is 39.1 Å². The second kappa shape index (κ2) is 9.32. The molecule has 0 fully saturated rings. The van der Waals surface area contributed by atoms with Crippen LogP contribution < -0.4 is 10.1 Å². The van der Waals surface area contributed by atoms with E-state index in [1.54, 1.807) is 16.4 Å². The first-order chi connectivity index (χ1) is 11.1. The lowest BCUT2D eigenvalue weighted by Crippen LogP contribution is -2.15. The lowest BCUT2D eigenvalue weighted by atomic mass is 10.2. The highest BCUT2D eigenvalue weighted by atomic mass is 35.5. The molecular formula is C14H19Cl2N5OS. The summed E-state index contributed by atoms with van der Waals surface area (Å²) < 4.78 is 7.09. The number of aryl methyl sites for hydroxylation is 1. The van der Waals surface area contributed by atoms with E-state index in [4.69, 9.17) is 27.9 Å². The quantitative estimate of drug-likeness (QED) is 0.536. The molecule has 2 aromatic rings. The summed E-state index contributed by atoms with van der Waals surface area (Å²) in [7, 11) is 1.83. The van der Waals surface area contributed by atoms with E-state index in [1.165, 1.54) is 0 Å². The van der Waals surface area contributed by atoms with Crippen LogP contribution in [0.15, 0.2) is 17.3 Å². The third-order valence-electron chi connectivity index (χ3n) is 2.99. The van der Waals surface area contributed by atoms with Gasteiger partial charge in [-0.2, -0.15) is 0 Å². The van der Waals surface area contributed by atoms with Gasteiger partial charge in [0.05, 0.1) is 16.7 Å². The SMILES string of the molecule is CCOc1c(Cl)cc(CNCCCSc2nnnn2C)cc1Cl. The second-order valence-electron chi connectivity index (χ2n) is 4.79. The van der Waals surface area contributed by atoms with Crippen LogP contribution in [0, 0.1) is 0 Å². The van der Waals surface area contributed by atoms with Crippen molar-refractivity contribution in [2.45, 2.75) is 25.0 Å². The number of benzene rings is 1. The number of thioether (sulfide) groups is 1. The van der Waals surface area contributed by atoms with Crippen LogP contribution in [0.2, 0.25) is 10.0 Å². The molecule has 2 rings (SSSR count). The normalized spacial score (nSPS) is 11.0. The van der Waals surface area contributed by atoms with Crippen molar-refractivity contribution >= 4 is 35.0 Å². The van der Waals surface area contributed by atoms with Gasteiger partial charge >= 0.3 is 0 Å². The van der Waals surface area contributed by atoms with Crippen molar-refractivity contribution < 1.29 is 4.74 Å². The van der Waals surface area contributed by atoms with Crippen molar-refractivity contribution in [2.75, 3.05) is 18.9 Å². The van der Waals surface area contributed by atoms with Gasteiger partial charge in [-0.05, 0) is 48.0 Å². The van der Waals surface area contributed by atoms with E-state index >= 15 is 0 Å². The highest BCUT2D eigenvalue weighted by Gasteiger charge is 2.09. The van der Waals surface area contributed by atoms with Gasteiger partial charge in [0, 0.05) is 19.3 Å². The Bertz CT molecular complexity index is 614. The largest absolute Gasteiger partial charge is 0.491 e. The topological polar surface area (TPSA) is 64.9 Å². The Morgan fingerprint density at radius 3 is 2.65 bits per heavy atom. The number of hydrogen-bond donors (Lipinski definition) is 1. The molecule has 23 heavy (non-hydrogen) atoms. The molecule has 1 aromatic carbocycles. The van der Waals surface area contributed by atoms with Gasteiger partial charge in [-0.15, -0.1) is 5.10 Å². The smallest absolute Gasteiger partial charge is 0.209 e. The second-order valence-corrected chi connectivity index (χ2v) is 6.66. The summed E-state index contributed by atoms with van der Waals surface area (Å²) in [6, 6.07) is 3.76. The molecule has 126 valence electrons. The van der Waals surface area contributed by atoms with Gasteiger partial charge in [0.15, 0.2) is 5.75 Å². The molecule has 0 spiro atoms. The summed E-state index contributed by atoms with van der Waals surface area (Å²) in [5.74, 6) is 1.50. The van der Waals surface area contributed by atoms with Crippen LogP contribution in [0.25, 0.3) is 0 Å². The van der Waals surface area contributed by atoms with Gasteiger partial charge in [0.1, 0.15) is 0 Å². The standard InChI is InChI=1S/C14H19Cl2N5OS/c1-3-22-13-11(15)7-10(8-12(13)16)9-17-5-4-6-23-14-18-19-20-21(14)2/h7-8,17H,3-6,9H2,1-2H3. The minimum Gasteiger partial charge on any atom is -0.491 e. The first-order valence-corrected chi connectivity index (χ1v) is 9.02. The fourth-order valence-electron chi connectivity index (χ4n) is 1.93. The van der Waals surface area contributed by atoms with Crippen LogP contribution in [-0.2, 0) is 13.6 Å². The minimum atomic E-state index is 0.537. The van der Waals surface area contributed by atoms with Crippen molar-refractivity contribution in [3.63, 3.8) is 0 Å². The third-order valence-corrected chi connectivity index (χ3v) is 4.64. The maximum absolute atomic E-state index is 6.19. The fourth-order valence-corrected chi connectivity index (χ4v) is 3.36. The first kappa shape index (κ1) is 18.3. The Labute approximate surface area is 149 Å². The van der Waals surface area contributed by atoms with Crippen molar-refractivity contribution in [2.24, 2.45) is 7.05 Å². The number of nitrogens with one attached hydrogen (secondary N) is 1. The van der Waals surface area contributed by atoms with Gasteiger partial charge in [-0.3, -0.25) is 0 Å². The lowest BCUT2D eigenvalue weighted by molar-refractivity contribution is 0.340. The van der Waals surface area contributed by atoms with Crippen molar-refractivity contribution in [1.29, 1.82) is 0 Å². The van der Waals surface area contributed by atoms with E-state index in [9.17, 15) is 0 Å². The summed E-state index contributed by atoms with van der Waals surface area (Å²) in [5, 5.41) is 16.6. The van der Waals surface area contributed by atoms with E-state index < -0.39 is 0 Å². The van der Waals surface area contributed by atoms with Gasteiger partial charge in [-0.25, -0.2) is 4.68 Å². The predicted octanol–water partition coefficient (Wildman–Crippen LogP) is 3.19. The zero-order chi connectivity index (χ0) is 16.7. The van der Waals surface area contributed by atoms with Crippen molar-refractivity contribution in [3.8, 4) is 5.75 Å². The minimum absolute atomic E-state index is 0.537. The summed E-state index contributed by atoms with van der Waals surface area (Å²) in [6.07, 6.45) is 1.01. The van der Waals surface area contributed by atoms with Crippen LogP contribution in [0.5, 0.6) is 5.75 Å². The Balaban J connectivity index is 1.71. The van der Waals surface area contributed by atoms with Crippen LogP contribution in [0.1, 0.15) is 18.9 Å². The van der Waals surface area contributed by atoms with Gasteiger partial charge < -0.3 is 10.1 Å². The lowest BCUT2D eigenvalue weighted by Gasteiger charge is -2.11. The third kappa shape index (κ3) is 5.53. The molecule has 0 aliphatic carbocycles. The predicted molar refractivity (Wildman–Crippen MR) is 93.5 cm³/mol. The monoisotopic (exact) mass is 375 g/mol. The molecule has 0 saturated heterocycles. The number of rotatable bonds is 9. The average Bonchev–Trinajstić information content (AvgIpc) is 2.92. The molecule has 9 heteroatoms. The molecule has 0 bridgehead atoms. The Morgan fingerprint density at radius 1 is 1.30 bits per heavy atom. The first-order valence-electron chi connectivity index (χ1n) is 7.28. The van der Waals surface area contributed by atoms with Crippen LogP contribution in [0.4, 0.5) is 0 Å². The molecule has 0 amide bonds. The van der Waals surface area contributed by atoms with Crippen molar-refractivity contribution in [3.05, 3.63) is 27.7 Å². The maximum Gasteiger partial charge on any atom is 0.209 e. The van der Waals surface area contributed by atoms with Gasteiger partial charge in [0.2, 0.25) is 5.16 Å². The molecule has 0 aliphatic rings. The van der Waals surface area contributed by atoms with E-state index in [0.29, 0.717) is 28.9 Å². The Kier molecular flexibility index (Phi) is 7.42. The molecule has 1 heterocycles. The van der Waals surface area contributed by atoms with Gasteiger partial charge in [0.25, 0.3) is 0 Å². The summed E-state index contributed by atoms with van der Waals surface area (Å²) in [6.45, 7) is 4.04. The molecule has 1 N–H and O–H groups in total. The number of halogens is 2. The molecule has 0 saturated carbocycles. The van der Waals surface area contributed by atoms with E-state index in [0.717, 1.165) is 29.4 Å². The Morgan fingerprint density at radius 2 is 2.04 bits per heavy atom. The zero-order valence-electron chi connectivity index (χ0n) is 13.1. The molecule has 0 unspecified atom stereocenters. The number of hydrogen-bond acceptors (Lipinski definition) is 6. The highest BCUT2D eigenvalue weighted by molar-refractivity contribution is 7.99. The Hall–Kier alpha value is -1.02. The number of tetrazole rings is 1. The summed E-state index contributed by atoms with van der Waals surface area (Å²) in [4.78, 5) is 0. The maximum atomic E-state index is 6.19. The summed E-state index contributed by atoms with van der Waals surface area (Å²) >= 11 is 14.0. The number of nitrogens with zero attached hydrogens (tertiary/aromatic N) is 4. The molecular weight excluding hydrogens is 357 g/mol. The van der Waals surface area contributed by atoms with Crippen molar-refractivity contribution in [1.82, 2.24) is 25.5 Å². The van der Waals surface area contributed by atoms with E-state index in [1.807, 2.05) is 26.1 Å². The summed E-state index contributed by atoms with van der Waals surface area (Å²) in [5.41, 5.74) is 1.04.